The third kappa shape index (κ3) is 6.02. The lowest BCUT2D eigenvalue weighted by atomic mass is 9.86. The summed E-state index contributed by atoms with van der Waals surface area (Å²) < 4.78 is 0. The van der Waals surface area contributed by atoms with Gasteiger partial charge in [-0.05, 0) is 67.9 Å². The van der Waals surface area contributed by atoms with E-state index >= 15 is 0 Å². The number of aliphatic hydroxyl groups is 2. The summed E-state index contributed by atoms with van der Waals surface area (Å²) >= 11 is 0. The molecule has 3 N–H and O–H groups in total. The van der Waals surface area contributed by atoms with Gasteiger partial charge in [-0.3, -0.25) is 0 Å². The van der Waals surface area contributed by atoms with E-state index in [0.29, 0.717) is 12.2 Å². The standard InChI is InChI=1S/C22H34O3/c1-7-17(13-18-11-15(5)22(25)16(6)12-18)9-10-20(23)19(8-2)21(24)14(3)4/h8,11-14,19-21,23-25H,2,7,9-10H2,1,3-6H3/b17-13+/t19-,20-,21-/m1/s1. The van der Waals surface area contributed by atoms with Crippen molar-refractivity contribution in [1.82, 2.24) is 0 Å². The molecule has 25 heavy (non-hydrogen) atoms. The summed E-state index contributed by atoms with van der Waals surface area (Å²) in [5.74, 6) is 0.125. The average molecular weight is 347 g/mol. The predicted molar refractivity (Wildman–Crippen MR) is 106 cm³/mol. The molecule has 0 aliphatic heterocycles. The second-order valence-corrected chi connectivity index (χ2v) is 7.31. The summed E-state index contributed by atoms with van der Waals surface area (Å²) in [6, 6.07) is 3.95. The summed E-state index contributed by atoms with van der Waals surface area (Å²) in [4.78, 5) is 0. The molecular formula is C22H34O3. The van der Waals surface area contributed by atoms with Crippen LogP contribution in [0.4, 0.5) is 0 Å². The molecule has 0 aromatic heterocycles. The molecule has 0 spiro atoms. The van der Waals surface area contributed by atoms with Gasteiger partial charge >= 0.3 is 0 Å². The van der Waals surface area contributed by atoms with Crippen molar-refractivity contribution < 1.29 is 15.3 Å². The van der Waals surface area contributed by atoms with Crippen molar-refractivity contribution in [2.45, 2.75) is 66.1 Å². The van der Waals surface area contributed by atoms with E-state index in [9.17, 15) is 15.3 Å². The number of allylic oxidation sites excluding steroid dienone is 1. The maximum absolute atomic E-state index is 10.5. The van der Waals surface area contributed by atoms with Crippen molar-refractivity contribution in [3.63, 3.8) is 0 Å². The van der Waals surface area contributed by atoms with Crippen LogP contribution in [0.3, 0.4) is 0 Å². The fraction of sp³-hybridized carbons (Fsp3) is 0.545. The van der Waals surface area contributed by atoms with Gasteiger partial charge < -0.3 is 15.3 Å². The minimum absolute atomic E-state index is 0.0850. The highest BCUT2D eigenvalue weighted by atomic mass is 16.3. The van der Waals surface area contributed by atoms with Gasteiger partial charge in [-0.2, -0.15) is 0 Å². The highest BCUT2D eigenvalue weighted by Crippen LogP contribution is 2.27. The molecule has 0 saturated carbocycles. The Morgan fingerprint density at radius 3 is 2.16 bits per heavy atom. The first kappa shape index (κ1) is 21.5. The molecule has 0 saturated heterocycles. The van der Waals surface area contributed by atoms with Gasteiger partial charge in [-0.15, -0.1) is 6.58 Å². The highest BCUT2D eigenvalue weighted by Gasteiger charge is 2.26. The third-order valence-corrected chi connectivity index (χ3v) is 4.89. The number of rotatable bonds is 9. The van der Waals surface area contributed by atoms with Gasteiger partial charge in [0.05, 0.1) is 12.2 Å². The zero-order valence-corrected chi connectivity index (χ0v) is 16.3. The van der Waals surface area contributed by atoms with Crippen LogP contribution < -0.4 is 0 Å². The van der Waals surface area contributed by atoms with E-state index in [4.69, 9.17) is 0 Å². The van der Waals surface area contributed by atoms with Crippen molar-refractivity contribution in [3.8, 4) is 5.75 Å². The minimum atomic E-state index is -0.604. The van der Waals surface area contributed by atoms with Crippen LogP contribution in [-0.4, -0.2) is 27.5 Å². The van der Waals surface area contributed by atoms with Crippen LogP contribution in [0.15, 0.2) is 30.4 Å². The Bertz CT molecular complexity index is 578. The number of phenolic OH excluding ortho intramolecular Hbond substituents is 1. The van der Waals surface area contributed by atoms with E-state index in [1.165, 1.54) is 5.57 Å². The molecule has 3 nitrogen and oxygen atoms in total. The van der Waals surface area contributed by atoms with Crippen LogP contribution in [0, 0.1) is 25.7 Å². The molecule has 0 radical (unpaired) electrons. The third-order valence-electron chi connectivity index (χ3n) is 4.89. The van der Waals surface area contributed by atoms with Crippen molar-refractivity contribution in [2.24, 2.45) is 11.8 Å². The molecule has 0 aliphatic rings. The van der Waals surface area contributed by atoms with E-state index in [1.54, 1.807) is 6.08 Å². The first-order valence-electron chi connectivity index (χ1n) is 9.19. The van der Waals surface area contributed by atoms with Crippen LogP contribution in [-0.2, 0) is 0 Å². The smallest absolute Gasteiger partial charge is 0.121 e. The van der Waals surface area contributed by atoms with Gasteiger partial charge in [0.1, 0.15) is 5.75 Å². The molecule has 1 rings (SSSR count). The Morgan fingerprint density at radius 1 is 1.16 bits per heavy atom. The molecule has 3 atom stereocenters. The molecule has 140 valence electrons. The Morgan fingerprint density at radius 2 is 1.72 bits per heavy atom. The van der Waals surface area contributed by atoms with Gasteiger partial charge in [-0.25, -0.2) is 0 Å². The van der Waals surface area contributed by atoms with E-state index in [-0.39, 0.29) is 11.8 Å². The summed E-state index contributed by atoms with van der Waals surface area (Å²) in [5.41, 5.74) is 4.05. The van der Waals surface area contributed by atoms with E-state index in [1.807, 2.05) is 39.8 Å². The number of hydrogen-bond acceptors (Lipinski definition) is 3. The maximum atomic E-state index is 10.5. The molecule has 3 heteroatoms. The van der Waals surface area contributed by atoms with Gasteiger partial charge in [0.2, 0.25) is 0 Å². The second kappa shape index (κ2) is 9.79. The molecule has 1 aromatic carbocycles. The number of hydrogen-bond donors (Lipinski definition) is 3. The number of benzene rings is 1. The molecule has 0 heterocycles. The Kier molecular flexibility index (Phi) is 8.40. The average Bonchev–Trinajstić information content (AvgIpc) is 2.56. The van der Waals surface area contributed by atoms with Gasteiger partial charge in [-0.1, -0.05) is 38.5 Å². The van der Waals surface area contributed by atoms with Crippen molar-refractivity contribution >= 4 is 6.08 Å². The Hall–Kier alpha value is -1.58. The highest BCUT2D eigenvalue weighted by molar-refractivity contribution is 5.58. The van der Waals surface area contributed by atoms with Crippen molar-refractivity contribution in [2.75, 3.05) is 0 Å². The summed E-state index contributed by atoms with van der Waals surface area (Å²) in [6.45, 7) is 13.6. The normalized spacial score (nSPS) is 15.9. The maximum Gasteiger partial charge on any atom is 0.121 e. The molecule has 0 aliphatic carbocycles. The molecular weight excluding hydrogens is 312 g/mol. The van der Waals surface area contributed by atoms with E-state index in [0.717, 1.165) is 29.5 Å². The van der Waals surface area contributed by atoms with Crippen molar-refractivity contribution in [3.05, 3.63) is 47.1 Å². The quantitative estimate of drug-likeness (QED) is 0.565. The van der Waals surface area contributed by atoms with E-state index < -0.39 is 12.2 Å². The molecule has 0 bridgehead atoms. The van der Waals surface area contributed by atoms with Crippen LogP contribution in [0.1, 0.15) is 56.7 Å². The largest absolute Gasteiger partial charge is 0.507 e. The summed E-state index contributed by atoms with van der Waals surface area (Å²) in [7, 11) is 0. The topological polar surface area (TPSA) is 60.7 Å². The minimum Gasteiger partial charge on any atom is -0.507 e. The Labute approximate surface area is 152 Å². The first-order chi connectivity index (χ1) is 11.7. The van der Waals surface area contributed by atoms with Crippen LogP contribution in [0.25, 0.3) is 6.08 Å². The van der Waals surface area contributed by atoms with E-state index in [2.05, 4.69) is 19.6 Å². The fourth-order valence-electron chi connectivity index (χ4n) is 3.15. The SMILES string of the molecule is C=C[C@H]([C@H](O)CC/C(=C/c1cc(C)c(O)c(C)c1)CC)[C@H](O)C(C)C. The van der Waals surface area contributed by atoms with Crippen LogP contribution in [0.2, 0.25) is 0 Å². The van der Waals surface area contributed by atoms with Crippen LogP contribution >= 0.6 is 0 Å². The molecule has 0 amide bonds. The summed E-state index contributed by atoms with van der Waals surface area (Å²) in [6.07, 6.45) is 4.88. The zero-order chi connectivity index (χ0) is 19.1. The Balaban J connectivity index is 2.83. The zero-order valence-electron chi connectivity index (χ0n) is 16.3. The monoisotopic (exact) mass is 346 g/mol. The lowest BCUT2D eigenvalue weighted by Gasteiger charge is -2.27. The summed E-state index contributed by atoms with van der Waals surface area (Å²) in [5, 5.41) is 30.6. The van der Waals surface area contributed by atoms with Gasteiger partial charge in [0.15, 0.2) is 0 Å². The lowest BCUT2D eigenvalue weighted by Crippen LogP contribution is -2.33. The number of aromatic hydroxyl groups is 1. The number of aryl methyl sites for hydroxylation is 2. The van der Waals surface area contributed by atoms with Crippen molar-refractivity contribution in [1.29, 1.82) is 0 Å². The van der Waals surface area contributed by atoms with Gasteiger partial charge in [0, 0.05) is 5.92 Å². The lowest BCUT2D eigenvalue weighted by molar-refractivity contribution is 0.00885. The second-order valence-electron chi connectivity index (χ2n) is 7.31. The predicted octanol–water partition coefficient (Wildman–Crippen LogP) is 4.76. The molecule has 0 unspecified atom stereocenters. The first-order valence-corrected chi connectivity index (χ1v) is 9.19. The van der Waals surface area contributed by atoms with Crippen LogP contribution in [0.5, 0.6) is 5.75 Å². The molecule has 0 fully saturated rings. The number of phenols is 1. The number of aliphatic hydroxyl groups excluding tert-OH is 2. The van der Waals surface area contributed by atoms with Gasteiger partial charge in [0.25, 0.3) is 0 Å². The fourth-order valence-corrected chi connectivity index (χ4v) is 3.15. The molecule has 1 aromatic rings.